The zero-order valence-electron chi connectivity index (χ0n) is 20.3. The summed E-state index contributed by atoms with van der Waals surface area (Å²) in [5, 5.41) is 2.79. The second kappa shape index (κ2) is 10.9. The lowest BCUT2D eigenvalue weighted by Crippen LogP contribution is -2.46. The maximum atomic E-state index is 13.9. The molecule has 1 unspecified atom stereocenters. The van der Waals surface area contributed by atoms with Gasteiger partial charge in [0.25, 0.3) is 5.56 Å². The number of ether oxygens (including phenoxy) is 2. The molecule has 11 heteroatoms. The van der Waals surface area contributed by atoms with E-state index >= 15 is 0 Å². The summed E-state index contributed by atoms with van der Waals surface area (Å²) in [6.07, 6.45) is 0.204. The molecule has 0 bridgehead atoms. The molecule has 0 aliphatic rings. The van der Waals surface area contributed by atoms with Crippen LogP contribution in [0.1, 0.15) is 47.6 Å². The van der Waals surface area contributed by atoms with Crippen molar-refractivity contribution in [2.24, 2.45) is 0 Å². The van der Waals surface area contributed by atoms with Gasteiger partial charge in [-0.2, -0.15) is 0 Å². The van der Waals surface area contributed by atoms with Gasteiger partial charge in [-0.15, -0.1) is 11.3 Å². The quantitative estimate of drug-likeness (QED) is 0.448. The van der Waals surface area contributed by atoms with E-state index in [1.807, 2.05) is 0 Å². The lowest BCUT2D eigenvalue weighted by Gasteiger charge is -2.17. The van der Waals surface area contributed by atoms with Crippen LogP contribution in [0.15, 0.2) is 27.8 Å². The summed E-state index contributed by atoms with van der Waals surface area (Å²) in [5.41, 5.74) is -0.454. The zero-order valence-corrected chi connectivity index (χ0v) is 21.1. The van der Waals surface area contributed by atoms with Crippen molar-refractivity contribution in [1.29, 1.82) is 0 Å². The number of esters is 1. The molecule has 9 nitrogen and oxygen atoms in total. The van der Waals surface area contributed by atoms with Gasteiger partial charge in [0.2, 0.25) is 5.91 Å². The molecule has 1 amide bonds. The number of methoxy groups -OCH3 is 1. The first-order valence-electron chi connectivity index (χ1n) is 11.2. The highest BCUT2D eigenvalue weighted by molar-refractivity contribution is 7.20. The van der Waals surface area contributed by atoms with Gasteiger partial charge < -0.3 is 14.8 Å². The van der Waals surface area contributed by atoms with Crippen molar-refractivity contribution in [3.8, 4) is 5.75 Å². The molecule has 0 aliphatic carbocycles. The molecule has 188 valence electrons. The van der Waals surface area contributed by atoms with Crippen LogP contribution in [0.4, 0.5) is 4.39 Å². The molecule has 3 aromatic rings. The molecule has 2 heterocycles. The number of benzene rings is 1. The number of halogens is 1. The minimum Gasteiger partial charge on any atom is -0.496 e. The third-order valence-corrected chi connectivity index (χ3v) is 6.96. The Morgan fingerprint density at radius 2 is 1.94 bits per heavy atom. The van der Waals surface area contributed by atoms with Gasteiger partial charge in [-0.3, -0.25) is 14.2 Å². The predicted molar refractivity (Wildman–Crippen MR) is 131 cm³/mol. The number of aryl methyl sites for hydroxylation is 3. The summed E-state index contributed by atoms with van der Waals surface area (Å²) in [6.45, 7) is 7.01. The highest BCUT2D eigenvalue weighted by Gasteiger charge is 2.27. The molecule has 0 saturated carbocycles. The van der Waals surface area contributed by atoms with Gasteiger partial charge in [0.05, 0.1) is 19.1 Å². The normalized spacial score (nSPS) is 11.9. The first kappa shape index (κ1) is 26.1. The number of rotatable bonds is 9. The van der Waals surface area contributed by atoms with Crippen LogP contribution in [-0.2, 0) is 22.5 Å². The Hall–Kier alpha value is -3.47. The molecule has 3 rings (SSSR count). The molecule has 0 radical (unpaired) electrons. The van der Waals surface area contributed by atoms with E-state index in [2.05, 4.69) is 5.32 Å². The SMILES string of the molecule is CCNC(=O)C(C)n1c(=O)c2c(C)c(C(=O)OCC)sc2n(CCc2cc(F)ccc2OC)c1=O. The van der Waals surface area contributed by atoms with E-state index in [0.29, 0.717) is 23.4 Å². The number of fused-ring (bicyclic) bond motifs is 1. The molecule has 0 fully saturated rings. The topological polar surface area (TPSA) is 109 Å². The van der Waals surface area contributed by atoms with Gasteiger partial charge in [-0.05, 0) is 63.4 Å². The average molecular weight is 506 g/mol. The lowest BCUT2D eigenvalue weighted by atomic mass is 10.1. The number of hydrogen-bond donors (Lipinski definition) is 1. The lowest BCUT2D eigenvalue weighted by molar-refractivity contribution is -0.123. The number of carbonyl (C=O) groups is 2. The molecular weight excluding hydrogens is 477 g/mol. The fourth-order valence-electron chi connectivity index (χ4n) is 3.91. The van der Waals surface area contributed by atoms with Gasteiger partial charge in [0, 0.05) is 13.1 Å². The number of amides is 1. The largest absolute Gasteiger partial charge is 0.496 e. The number of aromatic nitrogens is 2. The Bertz CT molecular complexity index is 1390. The summed E-state index contributed by atoms with van der Waals surface area (Å²) in [4.78, 5) is 52.5. The Balaban J connectivity index is 2.25. The van der Waals surface area contributed by atoms with E-state index in [0.717, 1.165) is 15.9 Å². The van der Waals surface area contributed by atoms with E-state index in [1.54, 1.807) is 20.8 Å². The molecule has 1 N–H and O–H groups in total. The minimum absolute atomic E-state index is 0.0553. The summed E-state index contributed by atoms with van der Waals surface area (Å²) < 4.78 is 26.5. The van der Waals surface area contributed by atoms with Crippen LogP contribution < -0.4 is 21.3 Å². The van der Waals surface area contributed by atoms with Crippen molar-refractivity contribution in [1.82, 2.24) is 14.5 Å². The molecule has 35 heavy (non-hydrogen) atoms. The third-order valence-electron chi connectivity index (χ3n) is 5.67. The number of carbonyl (C=O) groups excluding carboxylic acids is 2. The Morgan fingerprint density at radius 1 is 1.23 bits per heavy atom. The summed E-state index contributed by atoms with van der Waals surface area (Å²) in [6, 6.07) is 3.00. The predicted octanol–water partition coefficient (Wildman–Crippen LogP) is 2.80. The maximum absolute atomic E-state index is 13.9. The van der Waals surface area contributed by atoms with Gasteiger partial charge in [0.15, 0.2) is 0 Å². The molecular formula is C24H28FN3O6S. The maximum Gasteiger partial charge on any atom is 0.348 e. The van der Waals surface area contributed by atoms with Crippen molar-refractivity contribution in [3.63, 3.8) is 0 Å². The van der Waals surface area contributed by atoms with Gasteiger partial charge in [-0.1, -0.05) is 0 Å². The fourth-order valence-corrected chi connectivity index (χ4v) is 5.12. The van der Waals surface area contributed by atoms with Crippen LogP contribution in [0.3, 0.4) is 0 Å². The van der Waals surface area contributed by atoms with Crippen LogP contribution in [-0.4, -0.2) is 41.3 Å². The van der Waals surface area contributed by atoms with Crippen molar-refractivity contribution < 1.29 is 23.5 Å². The molecule has 0 aliphatic heterocycles. The molecule has 2 aromatic heterocycles. The zero-order chi connectivity index (χ0) is 25.9. The molecule has 1 atom stereocenters. The van der Waals surface area contributed by atoms with Crippen LogP contribution in [0, 0.1) is 12.7 Å². The Morgan fingerprint density at radius 3 is 2.57 bits per heavy atom. The van der Waals surface area contributed by atoms with Crippen molar-refractivity contribution in [2.45, 2.75) is 46.7 Å². The number of likely N-dealkylation sites (N-methyl/N-ethyl adjacent to an activating group) is 1. The number of hydrogen-bond acceptors (Lipinski definition) is 7. The van der Waals surface area contributed by atoms with Crippen LogP contribution in [0.5, 0.6) is 5.75 Å². The highest BCUT2D eigenvalue weighted by atomic mass is 32.1. The van der Waals surface area contributed by atoms with Gasteiger partial charge >= 0.3 is 11.7 Å². The fraction of sp³-hybridized carbons (Fsp3) is 0.417. The number of nitrogens with one attached hydrogen (secondary N) is 1. The first-order valence-corrected chi connectivity index (χ1v) is 12.0. The third kappa shape index (κ3) is 5.00. The monoisotopic (exact) mass is 505 g/mol. The van der Waals surface area contributed by atoms with E-state index < -0.39 is 35.0 Å². The smallest absolute Gasteiger partial charge is 0.348 e. The molecule has 1 aromatic carbocycles. The minimum atomic E-state index is -1.08. The number of thiophene rings is 1. The summed E-state index contributed by atoms with van der Waals surface area (Å²) >= 11 is 0.983. The summed E-state index contributed by atoms with van der Waals surface area (Å²) in [5.74, 6) is -1.08. The van der Waals surface area contributed by atoms with E-state index in [1.165, 1.54) is 36.8 Å². The summed E-state index contributed by atoms with van der Waals surface area (Å²) in [7, 11) is 1.46. The van der Waals surface area contributed by atoms with Crippen molar-refractivity contribution in [3.05, 3.63) is 60.9 Å². The standard InChI is InChI=1S/C24H28FN3O6S/c1-6-26-20(29)14(4)28-21(30)18-13(3)19(23(31)34-7-2)35-22(18)27(24(28)32)11-10-15-12-16(25)8-9-17(15)33-5/h8-9,12,14H,6-7,10-11H2,1-5H3,(H,26,29). The van der Waals surface area contributed by atoms with Gasteiger partial charge in [0.1, 0.15) is 27.3 Å². The van der Waals surface area contributed by atoms with Crippen LogP contribution in [0.25, 0.3) is 10.2 Å². The second-order valence-electron chi connectivity index (χ2n) is 7.84. The van der Waals surface area contributed by atoms with Gasteiger partial charge in [-0.25, -0.2) is 18.5 Å². The Labute approximate surface area is 205 Å². The van der Waals surface area contributed by atoms with E-state index in [-0.39, 0.29) is 34.7 Å². The van der Waals surface area contributed by atoms with Crippen LogP contribution in [0.2, 0.25) is 0 Å². The van der Waals surface area contributed by atoms with E-state index in [9.17, 15) is 23.6 Å². The number of nitrogens with zero attached hydrogens (tertiary/aromatic N) is 2. The first-order chi connectivity index (χ1) is 16.7. The van der Waals surface area contributed by atoms with E-state index in [4.69, 9.17) is 9.47 Å². The second-order valence-corrected chi connectivity index (χ2v) is 8.84. The Kier molecular flexibility index (Phi) is 8.11. The average Bonchev–Trinajstić information content (AvgIpc) is 3.16. The van der Waals surface area contributed by atoms with Crippen molar-refractivity contribution >= 4 is 33.4 Å². The highest BCUT2D eigenvalue weighted by Crippen LogP contribution is 2.29. The van der Waals surface area contributed by atoms with Crippen molar-refractivity contribution in [2.75, 3.05) is 20.3 Å². The van der Waals surface area contributed by atoms with Crippen LogP contribution >= 0.6 is 11.3 Å². The molecule has 0 spiro atoms. The molecule has 0 saturated heterocycles.